The van der Waals surface area contributed by atoms with E-state index in [1.165, 1.54) is 42.5 Å². The number of carbonyl (C=O) groups is 1. The fourth-order valence-electron chi connectivity index (χ4n) is 3.75. The van der Waals surface area contributed by atoms with Crippen LogP contribution in [0.15, 0.2) is 65.6 Å². The zero-order valence-corrected chi connectivity index (χ0v) is 20.1. The molecule has 0 aliphatic heterocycles. The number of sulfonamides is 1. The van der Waals surface area contributed by atoms with E-state index in [1.807, 2.05) is 11.6 Å². The molecule has 0 saturated carbocycles. The van der Waals surface area contributed by atoms with Gasteiger partial charge in [-0.15, -0.1) is 11.3 Å². The van der Waals surface area contributed by atoms with Crippen molar-refractivity contribution in [1.82, 2.24) is 9.29 Å². The summed E-state index contributed by atoms with van der Waals surface area (Å²) in [5.74, 6) is -1.31. The predicted molar refractivity (Wildman–Crippen MR) is 128 cm³/mol. The standard InChI is InChI=1S/C24H21F3N2O4S2/c1-2-3-11-29-19(17-10-9-15(30)12-18(17)24(25,26)27)13-21-20(29)14-22(34-21)23(31)28-35(32,33)16-7-5-4-6-8-16/h4-10,12-14,30H,2-3,11H2,1H3,(H,28,31). The minimum Gasteiger partial charge on any atom is -0.508 e. The van der Waals surface area contributed by atoms with Gasteiger partial charge in [-0.25, -0.2) is 13.1 Å². The van der Waals surface area contributed by atoms with Gasteiger partial charge in [0.25, 0.3) is 15.9 Å². The summed E-state index contributed by atoms with van der Waals surface area (Å²) in [4.78, 5) is 12.8. The van der Waals surface area contributed by atoms with E-state index in [4.69, 9.17) is 0 Å². The van der Waals surface area contributed by atoms with E-state index in [9.17, 15) is 31.5 Å². The number of hydrogen-bond acceptors (Lipinski definition) is 5. The molecule has 0 fully saturated rings. The summed E-state index contributed by atoms with van der Waals surface area (Å²) in [5.41, 5.74) is -0.224. The van der Waals surface area contributed by atoms with Gasteiger partial charge in [0.15, 0.2) is 0 Å². The van der Waals surface area contributed by atoms with Gasteiger partial charge < -0.3 is 9.67 Å². The number of unbranched alkanes of at least 4 members (excludes halogenated alkanes) is 1. The van der Waals surface area contributed by atoms with Crippen molar-refractivity contribution in [2.75, 3.05) is 0 Å². The summed E-state index contributed by atoms with van der Waals surface area (Å²) in [7, 11) is -4.08. The van der Waals surface area contributed by atoms with Crippen molar-refractivity contribution < 1.29 is 31.5 Å². The van der Waals surface area contributed by atoms with Crippen LogP contribution in [0.3, 0.4) is 0 Å². The number of nitrogens with zero attached hydrogens (tertiary/aromatic N) is 1. The molecule has 0 bridgehead atoms. The molecule has 0 saturated heterocycles. The van der Waals surface area contributed by atoms with E-state index in [1.54, 1.807) is 16.7 Å². The third-order valence-corrected chi connectivity index (χ3v) is 7.83. The minimum absolute atomic E-state index is 0.0591. The Morgan fingerprint density at radius 2 is 1.80 bits per heavy atom. The number of benzene rings is 2. The van der Waals surface area contributed by atoms with Crippen molar-refractivity contribution in [2.45, 2.75) is 37.4 Å². The second-order valence-corrected chi connectivity index (χ2v) is 10.6. The molecule has 35 heavy (non-hydrogen) atoms. The zero-order valence-electron chi connectivity index (χ0n) is 18.5. The Kier molecular flexibility index (Phi) is 6.65. The number of aromatic nitrogens is 1. The highest BCUT2D eigenvalue weighted by Gasteiger charge is 2.35. The average Bonchev–Trinajstić information content (AvgIpc) is 3.36. The molecule has 2 N–H and O–H groups in total. The molecule has 0 atom stereocenters. The van der Waals surface area contributed by atoms with Crippen LogP contribution in [0.25, 0.3) is 21.5 Å². The van der Waals surface area contributed by atoms with Crippen LogP contribution >= 0.6 is 11.3 Å². The maximum Gasteiger partial charge on any atom is 0.417 e. The maximum atomic E-state index is 13.7. The van der Waals surface area contributed by atoms with Crippen LogP contribution < -0.4 is 4.72 Å². The molecule has 2 aromatic heterocycles. The largest absolute Gasteiger partial charge is 0.508 e. The monoisotopic (exact) mass is 522 g/mol. The van der Waals surface area contributed by atoms with E-state index in [2.05, 4.69) is 0 Å². The molecular formula is C24H21F3N2O4S2. The Morgan fingerprint density at radius 3 is 2.46 bits per heavy atom. The number of thiophene rings is 1. The highest BCUT2D eigenvalue weighted by atomic mass is 32.2. The molecule has 11 heteroatoms. The summed E-state index contributed by atoms with van der Waals surface area (Å²) in [6.45, 7) is 2.34. The molecule has 1 amide bonds. The first kappa shape index (κ1) is 24.8. The topological polar surface area (TPSA) is 88.4 Å². The van der Waals surface area contributed by atoms with Crippen molar-refractivity contribution in [2.24, 2.45) is 0 Å². The Bertz CT molecular complexity index is 1490. The van der Waals surface area contributed by atoms with Crippen molar-refractivity contribution in [3.63, 3.8) is 0 Å². The smallest absolute Gasteiger partial charge is 0.417 e. The molecule has 6 nitrogen and oxygen atoms in total. The normalized spacial score (nSPS) is 12.2. The summed E-state index contributed by atoms with van der Waals surface area (Å²) in [6.07, 6.45) is -3.22. The number of aryl methyl sites for hydroxylation is 1. The van der Waals surface area contributed by atoms with E-state index in [-0.39, 0.29) is 15.3 Å². The quantitative estimate of drug-likeness (QED) is 0.311. The maximum absolute atomic E-state index is 13.7. The van der Waals surface area contributed by atoms with Crippen LogP contribution in [0.1, 0.15) is 35.0 Å². The fraction of sp³-hybridized carbons (Fsp3) is 0.208. The molecular weight excluding hydrogens is 501 g/mol. The number of alkyl halides is 3. The van der Waals surface area contributed by atoms with Gasteiger partial charge in [-0.1, -0.05) is 31.5 Å². The Balaban J connectivity index is 1.76. The van der Waals surface area contributed by atoms with E-state index < -0.39 is 33.4 Å². The Morgan fingerprint density at radius 1 is 1.09 bits per heavy atom. The van der Waals surface area contributed by atoms with Crippen molar-refractivity contribution in [3.05, 3.63) is 71.1 Å². The van der Waals surface area contributed by atoms with Crippen molar-refractivity contribution in [3.8, 4) is 17.0 Å². The first-order valence-corrected chi connectivity index (χ1v) is 13.0. The average molecular weight is 523 g/mol. The Labute approximate surface area is 203 Å². The molecule has 0 unspecified atom stereocenters. The summed E-state index contributed by atoms with van der Waals surface area (Å²) >= 11 is 0.993. The van der Waals surface area contributed by atoms with Gasteiger partial charge >= 0.3 is 6.18 Å². The Hall–Kier alpha value is -3.31. The number of nitrogens with one attached hydrogen (secondary N) is 1. The van der Waals surface area contributed by atoms with Crippen LogP contribution in [-0.2, 0) is 22.7 Å². The number of phenols is 1. The number of rotatable bonds is 7. The van der Waals surface area contributed by atoms with Crippen LogP contribution in [0, 0.1) is 0 Å². The number of aromatic hydroxyl groups is 1. The SMILES string of the molecule is CCCCn1c(-c2ccc(O)cc2C(F)(F)F)cc2sc(C(=O)NS(=O)(=O)c3ccccc3)cc21. The lowest BCUT2D eigenvalue weighted by Crippen LogP contribution is -2.29. The summed E-state index contributed by atoms with van der Waals surface area (Å²) in [6, 6.07) is 13.6. The van der Waals surface area contributed by atoms with Gasteiger partial charge in [0.05, 0.1) is 31.2 Å². The third-order valence-electron chi connectivity index (χ3n) is 5.41. The number of fused-ring (bicyclic) bond motifs is 1. The molecule has 4 aromatic rings. The molecule has 2 heterocycles. The van der Waals surface area contributed by atoms with Gasteiger partial charge in [0.1, 0.15) is 5.75 Å². The van der Waals surface area contributed by atoms with E-state index >= 15 is 0 Å². The molecule has 0 spiro atoms. The van der Waals surface area contributed by atoms with Gasteiger partial charge in [-0.2, -0.15) is 13.2 Å². The summed E-state index contributed by atoms with van der Waals surface area (Å²) in [5, 5.41) is 9.63. The molecule has 2 aromatic carbocycles. The lowest BCUT2D eigenvalue weighted by atomic mass is 10.0. The van der Waals surface area contributed by atoms with Gasteiger partial charge in [0, 0.05) is 12.1 Å². The molecule has 4 rings (SSSR count). The van der Waals surface area contributed by atoms with Crippen molar-refractivity contribution in [1.29, 1.82) is 0 Å². The van der Waals surface area contributed by atoms with Gasteiger partial charge in [-0.05, 0) is 48.9 Å². The number of halogens is 3. The molecule has 0 aliphatic carbocycles. The second-order valence-electron chi connectivity index (χ2n) is 7.87. The molecule has 0 radical (unpaired) electrons. The van der Waals surface area contributed by atoms with Crippen molar-refractivity contribution >= 4 is 37.5 Å². The van der Waals surface area contributed by atoms with E-state index in [0.717, 1.165) is 17.8 Å². The van der Waals surface area contributed by atoms with Crippen LogP contribution in [0.4, 0.5) is 13.2 Å². The highest BCUT2D eigenvalue weighted by molar-refractivity contribution is 7.90. The number of phenolic OH excluding ortho intramolecular Hbond substituents is 1. The lowest BCUT2D eigenvalue weighted by Gasteiger charge is -2.16. The first-order valence-electron chi connectivity index (χ1n) is 10.7. The number of hydrogen-bond donors (Lipinski definition) is 2. The third kappa shape index (κ3) is 5.06. The molecule has 184 valence electrons. The zero-order chi connectivity index (χ0) is 25.4. The van der Waals surface area contributed by atoms with E-state index in [0.29, 0.717) is 34.9 Å². The van der Waals surface area contributed by atoms with Crippen LogP contribution in [0.2, 0.25) is 0 Å². The number of carbonyl (C=O) groups excluding carboxylic acids is 1. The summed E-state index contributed by atoms with van der Waals surface area (Å²) < 4.78 is 70.5. The van der Waals surface area contributed by atoms with Gasteiger partial charge in [-0.3, -0.25) is 4.79 Å². The van der Waals surface area contributed by atoms with Crippen LogP contribution in [-0.4, -0.2) is 24.0 Å². The predicted octanol–water partition coefficient (Wildman–Crippen LogP) is 6.01. The minimum atomic E-state index is -4.68. The van der Waals surface area contributed by atoms with Crippen LogP contribution in [0.5, 0.6) is 5.75 Å². The lowest BCUT2D eigenvalue weighted by molar-refractivity contribution is -0.137. The fourth-order valence-corrected chi connectivity index (χ4v) is 5.80. The second kappa shape index (κ2) is 9.38. The number of amides is 1. The molecule has 0 aliphatic rings. The highest BCUT2D eigenvalue weighted by Crippen LogP contribution is 2.42. The van der Waals surface area contributed by atoms with Gasteiger partial charge in [0.2, 0.25) is 0 Å². The first-order chi connectivity index (χ1) is 16.5.